The number of aromatic nitrogens is 2. The largest absolute Gasteiger partial charge is 0.325 e. The topological polar surface area (TPSA) is 66.9 Å². The number of urea groups is 1. The minimum Gasteiger partial charge on any atom is -0.308 e. The fourth-order valence-electron chi connectivity index (χ4n) is 1.21. The second-order valence-electron chi connectivity index (χ2n) is 3.19. The molecule has 1 heterocycles. The van der Waals surface area contributed by atoms with Gasteiger partial charge in [0.05, 0.1) is 0 Å². The first-order valence-corrected chi connectivity index (χ1v) is 5.53. The van der Waals surface area contributed by atoms with E-state index in [4.69, 9.17) is 0 Å². The maximum Gasteiger partial charge on any atom is 0.325 e. The lowest BCUT2D eigenvalue weighted by atomic mass is 10.2. The number of aryl methyl sites for hydroxylation is 1. The Kier molecular flexibility index (Phi) is 3.11. The Balaban J connectivity index is 1.97. The van der Waals surface area contributed by atoms with Crippen molar-refractivity contribution in [3.05, 3.63) is 35.3 Å². The first-order valence-electron chi connectivity index (χ1n) is 4.65. The van der Waals surface area contributed by atoms with E-state index in [0.717, 1.165) is 11.3 Å². The van der Waals surface area contributed by atoms with Crippen LogP contribution in [-0.4, -0.2) is 16.2 Å². The molecular weight excluding hydrogens is 224 g/mol. The molecule has 0 bridgehead atoms. The molecule has 0 atom stereocenters. The van der Waals surface area contributed by atoms with Crippen LogP contribution in [0.4, 0.5) is 15.6 Å². The number of carbonyl (C=O) groups excluding carboxylic acids is 1. The molecule has 2 rings (SSSR count). The van der Waals surface area contributed by atoms with E-state index in [9.17, 15) is 4.79 Å². The molecule has 2 N–H and O–H groups in total. The maximum absolute atomic E-state index is 11.5. The highest BCUT2D eigenvalue weighted by atomic mass is 32.1. The molecule has 0 saturated heterocycles. The van der Waals surface area contributed by atoms with E-state index in [1.54, 1.807) is 5.51 Å². The monoisotopic (exact) mass is 234 g/mol. The quantitative estimate of drug-likeness (QED) is 0.838. The molecule has 6 heteroatoms. The average molecular weight is 234 g/mol. The highest BCUT2D eigenvalue weighted by Gasteiger charge is 2.04. The molecule has 5 nitrogen and oxygen atoms in total. The van der Waals surface area contributed by atoms with Gasteiger partial charge in [0, 0.05) is 5.69 Å². The molecular formula is C10H10N4OS. The van der Waals surface area contributed by atoms with E-state index in [0.29, 0.717) is 5.13 Å². The summed E-state index contributed by atoms with van der Waals surface area (Å²) in [5.41, 5.74) is 3.40. The van der Waals surface area contributed by atoms with Crippen molar-refractivity contribution in [1.29, 1.82) is 0 Å². The first kappa shape index (κ1) is 10.6. The van der Waals surface area contributed by atoms with Crippen molar-refractivity contribution in [2.24, 2.45) is 0 Å². The van der Waals surface area contributed by atoms with Gasteiger partial charge in [0.2, 0.25) is 5.13 Å². The van der Waals surface area contributed by atoms with Crippen molar-refractivity contribution in [2.45, 2.75) is 6.92 Å². The predicted octanol–water partition coefficient (Wildman–Crippen LogP) is 2.49. The number of hydrogen-bond donors (Lipinski definition) is 2. The van der Waals surface area contributed by atoms with Crippen molar-refractivity contribution in [1.82, 2.24) is 10.2 Å². The van der Waals surface area contributed by atoms with Crippen molar-refractivity contribution in [2.75, 3.05) is 10.6 Å². The Hall–Kier alpha value is -1.95. The van der Waals surface area contributed by atoms with Crippen LogP contribution in [0.3, 0.4) is 0 Å². The van der Waals surface area contributed by atoms with Crippen molar-refractivity contribution < 1.29 is 4.79 Å². The van der Waals surface area contributed by atoms with E-state index in [-0.39, 0.29) is 6.03 Å². The summed E-state index contributed by atoms with van der Waals surface area (Å²) in [7, 11) is 0. The van der Waals surface area contributed by atoms with Crippen LogP contribution >= 0.6 is 11.3 Å². The van der Waals surface area contributed by atoms with Gasteiger partial charge >= 0.3 is 6.03 Å². The molecule has 0 aliphatic rings. The van der Waals surface area contributed by atoms with E-state index >= 15 is 0 Å². The van der Waals surface area contributed by atoms with Crippen LogP contribution in [0.5, 0.6) is 0 Å². The van der Waals surface area contributed by atoms with Gasteiger partial charge < -0.3 is 5.32 Å². The maximum atomic E-state index is 11.5. The van der Waals surface area contributed by atoms with Gasteiger partial charge in [-0.2, -0.15) is 0 Å². The third kappa shape index (κ3) is 2.77. The first-order chi connectivity index (χ1) is 7.74. The minimum absolute atomic E-state index is 0.317. The molecule has 2 amide bonds. The van der Waals surface area contributed by atoms with E-state index in [1.807, 2.05) is 31.2 Å². The molecule has 82 valence electrons. The summed E-state index contributed by atoms with van der Waals surface area (Å²) in [5.74, 6) is 0. The molecule has 0 unspecified atom stereocenters. The van der Waals surface area contributed by atoms with E-state index in [1.165, 1.54) is 11.3 Å². The molecule has 1 aromatic heterocycles. The van der Waals surface area contributed by atoms with Crippen molar-refractivity contribution in [3.63, 3.8) is 0 Å². The van der Waals surface area contributed by atoms with Gasteiger partial charge in [0.25, 0.3) is 0 Å². The third-order valence-electron chi connectivity index (χ3n) is 1.86. The zero-order valence-corrected chi connectivity index (χ0v) is 9.41. The van der Waals surface area contributed by atoms with Crippen LogP contribution in [0.1, 0.15) is 5.56 Å². The van der Waals surface area contributed by atoms with Crippen LogP contribution in [0, 0.1) is 6.92 Å². The summed E-state index contributed by atoms with van der Waals surface area (Å²) < 4.78 is 0. The molecule has 1 aromatic carbocycles. The summed E-state index contributed by atoms with van der Waals surface area (Å²) in [6, 6.07) is 7.25. The van der Waals surface area contributed by atoms with Crippen LogP contribution in [0.15, 0.2) is 29.8 Å². The highest BCUT2D eigenvalue weighted by molar-refractivity contribution is 7.13. The van der Waals surface area contributed by atoms with Crippen molar-refractivity contribution >= 4 is 28.2 Å². The molecule has 0 radical (unpaired) electrons. The Labute approximate surface area is 96.5 Å². The lowest BCUT2D eigenvalue weighted by Crippen LogP contribution is -2.19. The number of benzene rings is 1. The molecule has 0 aliphatic heterocycles. The minimum atomic E-state index is -0.317. The Bertz CT molecular complexity index is 483. The summed E-state index contributed by atoms with van der Waals surface area (Å²) in [5, 5.41) is 13.1. The fraction of sp³-hybridized carbons (Fsp3) is 0.100. The number of anilines is 2. The van der Waals surface area contributed by atoms with Crippen LogP contribution in [-0.2, 0) is 0 Å². The normalized spacial score (nSPS) is 9.81. The number of nitrogens with zero attached hydrogens (tertiary/aromatic N) is 2. The molecule has 0 aliphatic carbocycles. The van der Waals surface area contributed by atoms with Crippen molar-refractivity contribution in [3.8, 4) is 0 Å². The Morgan fingerprint density at radius 3 is 2.94 bits per heavy atom. The van der Waals surface area contributed by atoms with Gasteiger partial charge in [-0.1, -0.05) is 23.5 Å². The number of rotatable bonds is 2. The van der Waals surface area contributed by atoms with Crippen LogP contribution in [0.2, 0.25) is 0 Å². The highest BCUT2D eigenvalue weighted by Crippen LogP contribution is 2.11. The smallest absolute Gasteiger partial charge is 0.308 e. The van der Waals surface area contributed by atoms with Gasteiger partial charge in [0.1, 0.15) is 5.51 Å². The lowest BCUT2D eigenvalue weighted by molar-refractivity contribution is 0.262. The standard InChI is InChI=1S/C10H10N4OS/c1-7-3-2-4-8(5-7)12-9(15)13-10-14-11-6-16-10/h2-6H,1H3,(H2,12,13,14,15). The molecule has 0 saturated carbocycles. The number of amides is 2. The zero-order valence-electron chi connectivity index (χ0n) is 8.60. The number of carbonyl (C=O) groups is 1. The number of hydrogen-bond acceptors (Lipinski definition) is 4. The van der Waals surface area contributed by atoms with Crippen LogP contribution in [0.25, 0.3) is 0 Å². The second kappa shape index (κ2) is 4.71. The fourth-order valence-corrected chi connectivity index (χ4v) is 1.65. The van der Waals surface area contributed by atoms with Gasteiger partial charge in [0.15, 0.2) is 0 Å². The van der Waals surface area contributed by atoms with E-state index in [2.05, 4.69) is 20.8 Å². The lowest BCUT2D eigenvalue weighted by Gasteiger charge is -2.05. The zero-order chi connectivity index (χ0) is 11.4. The summed E-state index contributed by atoms with van der Waals surface area (Å²) in [4.78, 5) is 11.5. The van der Waals surface area contributed by atoms with Gasteiger partial charge in [-0.3, -0.25) is 5.32 Å². The molecule has 0 spiro atoms. The summed E-state index contributed by atoms with van der Waals surface area (Å²) in [6.45, 7) is 1.97. The molecule has 16 heavy (non-hydrogen) atoms. The summed E-state index contributed by atoms with van der Waals surface area (Å²) in [6.07, 6.45) is 0. The van der Waals surface area contributed by atoms with E-state index < -0.39 is 0 Å². The molecule has 2 aromatic rings. The Morgan fingerprint density at radius 1 is 1.38 bits per heavy atom. The average Bonchev–Trinajstić information content (AvgIpc) is 2.70. The SMILES string of the molecule is Cc1cccc(NC(=O)Nc2nncs2)c1. The predicted molar refractivity (Wildman–Crippen MR) is 63.7 cm³/mol. The molecule has 0 fully saturated rings. The Morgan fingerprint density at radius 2 is 2.25 bits per heavy atom. The van der Waals surface area contributed by atoms with Gasteiger partial charge in [-0.15, -0.1) is 10.2 Å². The van der Waals surface area contributed by atoms with Gasteiger partial charge in [-0.25, -0.2) is 4.79 Å². The summed E-state index contributed by atoms with van der Waals surface area (Å²) >= 11 is 1.27. The van der Waals surface area contributed by atoms with Crippen LogP contribution < -0.4 is 10.6 Å². The van der Waals surface area contributed by atoms with Gasteiger partial charge in [-0.05, 0) is 24.6 Å². The number of nitrogens with one attached hydrogen (secondary N) is 2. The third-order valence-corrected chi connectivity index (χ3v) is 2.46. The second-order valence-corrected chi connectivity index (χ2v) is 4.03.